The summed E-state index contributed by atoms with van der Waals surface area (Å²) in [5, 5.41) is 11.3. The maximum absolute atomic E-state index is 5.62. The van der Waals surface area contributed by atoms with E-state index in [0.717, 1.165) is 62.6 Å². The lowest BCUT2D eigenvalue weighted by molar-refractivity contribution is 0.0850. The predicted molar refractivity (Wildman–Crippen MR) is 144 cm³/mol. The van der Waals surface area contributed by atoms with Crippen LogP contribution in [0, 0.1) is 0 Å². The van der Waals surface area contributed by atoms with Gasteiger partial charge in [0.2, 0.25) is 0 Å². The van der Waals surface area contributed by atoms with E-state index in [-0.39, 0.29) is 0 Å². The first kappa shape index (κ1) is 21.8. The number of benzene rings is 2. The van der Waals surface area contributed by atoms with Crippen molar-refractivity contribution in [2.75, 3.05) is 36.5 Å². The van der Waals surface area contributed by atoms with Crippen molar-refractivity contribution in [3.8, 4) is 11.4 Å². The summed E-state index contributed by atoms with van der Waals surface area (Å²) in [7, 11) is 0. The molecular formula is C26H22N6O3S2. The Morgan fingerprint density at radius 1 is 1.08 bits per heavy atom. The lowest BCUT2D eigenvalue weighted by Crippen LogP contribution is -2.36. The molecule has 0 amide bonds. The van der Waals surface area contributed by atoms with Gasteiger partial charge in [-0.05, 0) is 29.8 Å². The fourth-order valence-corrected chi connectivity index (χ4v) is 7.18. The number of hydrogen-bond donors (Lipinski definition) is 2. The Morgan fingerprint density at radius 2 is 2.00 bits per heavy atom. The van der Waals surface area contributed by atoms with Crippen molar-refractivity contribution in [1.29, 1.82) is 0 Å². The first-order valence-corrected chi connectivity index (χ1v) is 14.0. The summed E-state index contributed by atoms with van der Waals surface area (Å²) in [6, 6.07) is 14.7. The molecule has 37 heavy (non-hydrogen) atoms. The largest absolute Gasteiger partial charge is 0.380 e. The maximum Gasteiger partial charge on any atom is 0.305 e. The number of nitrogens with zero attached hydrogens (tertiary/aromatic N) is 4. The lowest BCUT2D eigenvalue weighted by Gasteiger charge is -2.28. The van der Waals surface area contributed by atoms with E-state index in [9.17, 15) is 0 Å². The highest BCUT2D eigenvalue weighted by Crippen LogP contribution is 2.58. The number of rotatable bonds is 5. The summed E-state index contributed by atoms with van der Waals surface area (Å²) in [5.41, 5.74) is 6.37. The molecule has 3 aromatic heterocycles. The fourth-order valence-electron chi connectivity index (χ4n) is 5.06. The zero-order valence-corrected chi connectivity index (χ0v) is 21.3. The van der Waals surface area contributed by atoms with Crippen molar-refractivity contribution >= 4 is 55.7 Å². The molecule has 11 heteroatoms. The molecule has 8 rings (SSSR count). The number of thioether (sulfide) groups is 1. The van der Waals surface area contributed by atoms with Gasteiger partial charge >= 0.3 is 5.12 Å². The van der Waals surface area contributed by atoms with Gasteiger partial charge in [0.1, 0.15) is 0 Å². The number of fused-ring (bicyclic) bond motifs is 4. The van der Waals surface area contributed by atoms with Crippen molar-refractivity contribution in [2.45, 2.75) is 17.4 Å². The molecule has 186 valence electrons. The Balaban J connectivity index is 1.15. The van der Waals surface area contributed by atoms with Crippen LogP contribution < -0.4 is 10.2 Å². The lowest BCUT2D eigenvalue weighted by atomic mass is 10.1. The second-order valence-electron chi connectivity index (χ2n) is 9.27. The van der Waals surface area contributed by atoms with Crippen LogP contribution in [0.2, 0.25) is 0 Å². The number of H-pyrrole nitrogens is 1. The molecule has 6 heterocycles. The predicted octanol–water partition coefficient (Wildman–Crippen LogP) is 5.00. The Labute approximate surface area is 220 Å². The summed E-state index contributed by atoms with van der Waals surface area (Å²) >= 11 is 3.43. The zero-order chi connectivity index (χ0) is 24.4. The van der Waals surface area contributed by atoms with Crippen LogP contribution in [0.25, 0.3) is 32.5 Å². The Kier molecular flexibility index (Phi) is 4.96. The summed E-state index contributed by atoms with van der Waals surface area (Å²) < 4.78 is 6.72. The summed E-state index contributed by atoms with van der Waals surface area (Å²) in [4.78, 5) is 24.1. The molecule has 2 aromatic carbocycles. The second kappa shape index (κ2) is 8.40. The third kappa shape index (κ3) is 3.69. The van der Waals surface area contributed by atoms with Gasteiger partial charge in [-0.3, -0.25) is 5.10 Å². The highest BCUT2D eigenvalue weighted by molar-refractivity contribution is 7.99. The average Bonchev–Trinajstić information content (AvgIpc) is 3.25. The quantitative estimate of drug-likeness (QED) is 0.240. The third-order valence-electron chi connectivity index (χ3n) is 7.00. The summed E-state index contributed by atoms with van der Waals surface area (Å²) in [6.07, 6.45) is 1.84. The van der Waals surface area contributed by atoms with Gasteiger partial charge in [0, 0.05) is 52.5 Å². The van der Waals surface area contributed by atoms with Crippen molar-refractivity contribution in [3.63, 3.8) is 0 Å². The number of thiophene rings is 1. The number of hydrogen-bond acceptors (Lipinski definition) is 10. The van der Waals surface area contributed by atoms with Gasteiger partial charge < -0.3 is 15.0 Å². The minimum absolute atomic E-state index is 0.549. The van der Waals surface area contributed by atoms with E-state index in [1.165, 1.54) is 10.4 Å². The number of aromatic nitrogens is 4. The topological polar surface area (TPSA) is 104 Å². The van der Waals surface area contributed by atoms with E-state index < -0.39 is 5.12 Å². The monoisotopic (exact) mass is 530 g/mol. The van der Waals surface area contributed by atoms with Crippen LogP contribution in [0.4, 0.5) is 11.5 Å². The van der Waals surface area contributed by atoms with Crippen LogP contribution in [0.5, 0.6) is 0 Å². The van der Waals surface area contributed by atoms with Gasteiger partial charge in [-0.15, -0.1) is 11.3 Å². The molecule has 2 fully saturated rings. The standard InChI is InChI=1S/C26H22N6O3S2/c1-2-18(19-13-28-31-21(19)3-1)24-29-22-11-17(37-23(22)25(30-24)32-6-8-33-9-7-32)12-27-16-4-5-20-15(10-16)14-36-26(20)34-35-26/h1-5,10-11,13,27H,6-9,12,14H2,(H,28,31). The molecule has 3 aliphatic heterocycles. The average molecular weight is 531 g/mol. The first-order chi connectivity index (χ1) is 18.3. The van der Waals surface area contributed by atoms with E-state index in [2.05, 4.69) is 50.7 Å². The number of aromatic amines is 1. The van der Waals surface area contributed by atoms with E-state index in [4.69, 9.17) is 24.5 Å². The molecule has 0 unspecified atom stereocenters. The smallest absolute Gasteiger partial charge is 0.305 e. The van der Waals surface area contributed by atoms with Crippen molar-refractivity contribution in [1.82, 2.24) is 20.2 Å². The highest BCUT2D eigenvalue weighted by Gasteiger charge is 2.56. The summed E-state index contributed by atoms with van der Waals surface area (Å²) in [6.45, 7) is 3.74. The zero-order valence-electron chi connectivity index (χ0n) is 19.7. The van der Waals surface area contributed by atoms with Gasteiger partial charge in [-0.1, -0.05) is 30.0 Å². The van der Waals surface area contributed by atoms with E-state index >= 15 is 0 Å². The fraction of sp³-hybridized carbons (Fsp3) is 0.269. The van der Waals surface area contributed by atoms with Crippen LogP contribution in [0.3, 0.4) is 0 Å². The molecule has 2 saturated heterocycles. The van der Waals surface area contributed by atoms with Gasteiger partial charge in [0.15, 0.2) is 11.6 Å². The van der Waals surface area contributed by atoms with E-state index in [1.807, 2.05) is 18.3 Å². The molecule has 9 nitrogen and oxygen atoms in total. The van der Waals surface area contributed by atoms with Crippen LogP contribution >= 0.6 is 23.1 Å². The third-order valence-corrected chi connectivity index (χ3v) is 9.31. The second-order valence-corrected chi connectivity index (χ2v) is 11.5. The Bertz CT molecular complexity index is 1660. The number of ether oxygens (including phenoxy) is 1. The normalized spacial score (nSPS) is 18.1. The van der Waals surface area contributed by atoms with Crippen molar-refractivity contribution in [3.05, 3.63) is 64.7 Å². The minimum Gasteiger partial charge on any atom is -0.380 e. The number of morpholine rings is 1. The van der Waals surface area contributed by atoms with Crippen LogP contribution in [0.15, 0.2) is 48.7 Å². The molecule has 0 radical (unpaired) electrons. The van der Waals surface area contributed by atoms with Crippen LogP contribution in [-0.4, -0.2) is 46.5 Å². The number of anilines is 2. The first-order valence-electron chi connectivity index (χ1n) is 12.2. The summed E-state index contributed by atoms with van der Waals surface area (Å²) in [5.74, 6) is 2.58. The minimum atomic E-state index is -0.549. The molecule has 0 atom stereocenters. The molecule has 5 aromatic rings. The maximum atomic E-state index is 5.62. The van der Waals surface area contributed by atoms with Crippen LogP contribution in [0.1, 0.15) is 16.0 Å². The van der Waals surface area contributed by atoms with Gasteiger partial charge in [-0.2, -0.15) is 14.9 Å². The molecule has 0 saturated carbocycles. The van der Waals surface area contributed by atoms with E-state index in [1.54, 1.807) is 23.1 Å². The Hall–Kier alpha value is -3.22. The molecule has 2 N–H and O–H groups in total. The molecule has 3 aliphatic rings. The number of nitrogens with one attached hydrogen (secondary N) is 2. The van der Waals surface area contributed by atoms with Crippen LogP contribution in [-0.2, 0) is 31.9 Å². The SMILES string of the molecule is c1cc(-c2nc(N3CCOCC3)c3sc(CNc4ccc5c(c4)CSC54OO4)cc3n2)c2cn[nH]c2c1. The van der Waals surface area contributed by atoms with Crippen molar-refractivity contribution < 1.29 is 14.5 Å². The molecular weight excluding hydrogens is 508 g/mol. The molecule has 1 spiro atoms. The molecule has 0 aliphatic carbocycles. The Morgan fingerprint density at radius 3 is 2.89 bits per heavy atom. The van der Waals surface area contributed by atoms with Gasteiger partial charge in [0.05, 0.1) is 35.1 Å². The van der Waals surface area contributed by atoms with Crippen molar-refractivity contribution in [2.24, 2.45) is 0 Å². The van der Waals surface area contributed by atoms with Gasteiger partial charge in [0.25, 0.3) is 0 Å². The highest BCUT2D eigenvalue weighted by atomic mass is 32.2. The van der Waals surface area contributed by atoms with E-state index in [0.29, 0.717) is 25.6 Å². The molecule has 0 bridgehead atoms. The van der Waals surface area contributed by atoms with Gasteiger partial charge in [-0.25, -0.2) is 9.97 Å².